The van der Waals surface area contributed by atoms with Crippen LogP contribution in [0.25, 0.3) is 0 Å². The van der Waals surface area contributed by atoms with Crippen LogP contribution in [0.3, 0.4) is 0 Å². The van der Waals surface area contributed by atoms with Crippen molar-refractivity contribution in [3.63, 3.8) is 0 Å². The summed E-state index contributed by atoms with van der Waals surface area (Å²) in [5, 5.41) is 13.9. The molecule has 0 saturated carbocycles. The summed E-state index contributed by atoms with van der Waals surface area (Å²) in [7, 11) is 0. The number of aryl methyl sites for hydroxylation is 1. The van der Waals surface area contributed by atoms with Gasteiger partial charge in [0.2, 0.25) is 0 Å². The average Bonchev–Trinajstić information content (AvgIpc) is 3.32. The molecular weight excluding hydrogens is 461 g/mol. The van der Waals surface area contributed by atoms with E-state index in [1.54, 1.807) is 11.3 Å². The van der Waals surface area contributed by atoms with Gasteiger partial charge in [0.1, 0.15) is 0 Å². The van der Waals surface area contributed by atoms with Gasteiger partial charge in [0, 0.05) is 38.0 Å². The Hall–Kier alpha value is 0.00390. The quantitative estimate of drug-likeness (QED) is 0.330. The van der Waals surface area contributed by atoms with Crippen LogP contribution in [-0.4, -0.2) is 21.9 Å². The maximum atomic E-state index is 12.5. The second-order valence-electron chi connectivity index (χ2n) is 7.38. The van der Waals surface area contributed by atoms with Gasteiger partial charge in [-0.1, -0.05) is 63.3 Å². The average molecular weight is 491 g/mol. The maximum Gasteiger partial charge on any atom is 0.151 e. The predicted molar refractivity (Wildman–Crippen MR) is 116 cm³/mol. The van der Waals surface area contributed by atoms with E-state index < -0.39 is 6.10 Å². The molecule has 0 spiro atoms. The number of Topliss-reactive ketones (excluding diaryl/α,β-unsaturated/α-hetero) is 1. The first-order valence-corrected chi connectivity index (χ1v) is 11.9. The van der Waals surface area contributed by atoms with E-state index in [4.69, 9.17) is 0 Å². The zero-order chi connectivity index (χ0) is 19.1. The number of thioether (sulfide) groups is 1. The van der Waals surface area contributed by atoms with E-state index in [1.165, 1.54) is 11.3 Å². The summed E-state index contributed by atoms with van der Waals surface area (Å²) in [5.41, 5.74) is 2.09. The first-order chi connectivity index (χ1) is 13.2. The molecule has 5 heteroatoms. The number of carbonyl (C=O) groups excluding carboxylic acids is 1. The van der Waals surface area contributed by atoms with Gasteiger partial charge in [-0.25, -0.2) is 6.07 Å². The van der Waals surface area contributed by atoms with Crippen LogP contribution in [0.2, 0.25) is 0 Å². The predicted octanol–water partition coefficient (Wildman–Crippen LogP) is 5.95. The Balaban J connectivity index is 0.00000280. The largest absolute Gasteiger partial charge is 0.388 e. The summed E-state index contributed by atoms with van der Waals surface area (Å²) >= 11 is 3.50. The number of aliphatic hydroxyl groups is 1. The van der Waals surface area contributed by atoms with Crippen LogP contribution < -0.4 is 0 Å². The number of rotatable bonds is 10. The molecule has 1 N–H and O–H groups in total. The SMILES string of the molecule is CCCCCC(O)c1ccc(C2C(=O)CSC2CCCc2cc[c-]s2)cc1.[Y]. The Bertz CT molecular complexity index is 700. The molecule has 1 fully saturated rings. The van der Waals surface area contributed by atoms with Crippen molar-refractivity contribution in [1.29, 1.82) is 0 Å². The second kappa shape index (κ2) is 12.6. The number of hydrogen-bond donors (Lipinski definition) is 1. The van der Waals surface area contributed by atoms with E-state index in [9.17, 15) is 9.90 Å². The van der Waals surface area contributed by atoms with Crippen LogP contribution >= 0.6 is 23.1 Å². The Kier molecular flexibility index (Phi) is 11.0. The number of thiophene rings is 1. The molecule has 1 aliphatic rings. The summed E-state index contributed by atoms with van der Waals surface area (Å²) in [6, 6.07) is 12.3. The van der Waals surface area contributed by atoms with E-state index >= 15 is 0 Å². The van der Waals surface area contributed by atoms with E-state index in [0.29, 0.717) is 16.8 Å². The Morgan fingerprint density at radius 3 is 2.64 bits per heavy atom. The Morgan fingerprint density at radius 1 is 1.18 bits per heavy atom. The fourth-order valence-electron chi connectivity index (χ4n) is 3.80. The van der Waals surface area contributed by atoms with Crippen molar-refractivity contribution >= 4 is 28.9 Å². The van der Waals surface area contributed by atoms with Gasteiger partial charge in [0.25, 0.3) is 0 Å². The minimum atomic E-state index is -0.391. The van der Waals surface area contributed by atoms with Crippen molar-refractivity contribution in [3.05, 3.63) is 57.8 Å². The van der Waals surface area contributed by atoms with Gasteiger partial charge in [0.15, 0.2) is 5.78 Å². The summed E-state index contributed by atoms with van der Waals surface area (Å²) < 4.78 is 0. The zero-order valence-electron chi connectivity index (χ0n) is 16.6. The molecule has 3 rings (SSSR count). The second-order valence-corrected chi connectivity index (χ2v) is 9.58. The number of aliphatic hydroxyl groups excluding tert-OH is 1. The van der Waals surface area contributed by atoms with Crippen molar-refractivity contribution in [2.24, 2.45) is 0 Å². The molecule has 0 aliphatic carbocycles. The topological polar surface area (TPSA) is 37.3 Å². The van der Waals surface area contributed by atoms with Crippen LogP contribution in [0.5, 0.6) is 0 Å². The molecule has 3 atom stereocenters. The van der Waals surface area contributed by atoms with Gasteiger partial charge >= 0.3 is 0 Å². The van der Waals surface area contributed by atoms with Crippen molar-refractivity contribution in [1.82, 2.24) is 0 Å². The molecular formula is C23H29O2S2Y-. The van der Waals surface area contributed by atoms with Gasteiger partial charge in [-0.05, 0) is 24.0 Å². The van der Waals surface area contributed by atoms with Crippen LogP contribution in [0, 0.1) is 5.38 Å². The van der Waals surface area contributed by atoms with Gasteiger partial charge < -0.3 is 16.4 Å². The van der Waals surface area contributed by atoms with Gasteiger partial charge in [-0.15, -0.1) is 22.0 Å². The zero-order valence-corrected chi connectivity index (χ0v) is 21.1. The van der Waals surface area contributed by atoms with Gasteiger partial charge in [0.05, 0.1) is 17.8 Å². The molecule has 1 aromatic carbocycles. The van der Waals surface area contributed by atoms with E-state index in [0.717, 1.165) is 49.7 Å². The molecule has 0 bridgehead atoms. The molecule has 1 radical (unpaired) electrons. The Labute approximate surface area is 202 Å². The smallest absolute Gasteiger partial charge is 0.151 e. The normalized spacial score (nSPS) is 20.1. The summed E-state index contributed by atoms with van der Waals surface area (Å²) in [6.45, 7) is 2.17. The number of benzene rings is 1. The molecule has 1 aromatic heterocycles. The molecule has 3 unspecified atom stereocenters. The van der Waals surface area contributed by atoms with Crippen LogP contribution in [0.1, 0.15) is 73.5 Å². The summed E-state index contributed by atoms with van der Waals surface area (Å²) in [4.78, 5) is 13.9. The first kappa shape index (κ1) is 24.3. The summed E-state index contributed by atoms with van der Waals surface area (Å²) in [5.74, 6) is 0.991. The van der Waals surface area contributed by atoms with Gasteiger partial charge in [-0.3, -0.25) is 4.79 Å². The molecule has 2 aromatic rings. The van der Waals surface area contributed by atoms with Gasteiger partial charge in [-0.2, -0.15) is 6.07 Å². The third-order valence-electron chi connectivity index (χ3n) is 5.36. The molecule has 0 amide bonds. The number of carbonyl (C=O) groups is 1. The monoisotopic (exact) mass is 490 g/mol. The van der Waals surface area contributed by atoms with E-state index in [2.05, 4.69) is 30.5 Å². The van der Waals surface area contributed by atoms with Crippen molar-refractivity contribution < 1.29 is 42.6 Å². The molecule has 149 valence electrons. The standard InChI is InChI=1S/C23H29O2S2.Y/c1-2-3-4-9-20(24)17-11-13-18(14-12-17)23-21(25)16-27-22(23)10-5-7-19-8-6-15-26-19;/h6,8,11-14,20,22-24H,2-5,7,9-10,16H2,1H3;/q-1;. The third kappa shape index (κ3) is 6.77. The summed E-state index contributed by atoms with van der Waals surface area (Å²) in [6.07, 6.45) is 7.07. The minimum Gasteiger partial charge on any atom is -0.388 e. The van der Waals surface area contributed by atoms with Crippen molar-refractivity contribution in [2.45, 2.75) is 69.1 Å². The molecule has 1 saturated heterocycles. The number of ketones is 1. The fraction of sp³-hybridized carbons (Fsp3) is 0.522. The minimum absolute atomic E-state index is 0. The fourth-order valence-corrected chi connectivity index (χ4v) is 5.86. The molecule has 2 nitrogen and oxygen atoms in total. The molecule has 2 heterocycles. The maximum absolute atomic E-state index is 12.5. The Morgan fingerprint density at radius 2 is 1.96 bits per heavy atom. The molecule has 1 aliphatic heterocycles. The van der Waals surface area contributed by atoms with E-state index in [-0.39, 0.29) is 38.6 Å². The third-order valence-corrected chi connectivity index (χ3v) is 7.60. The van der Waals surface area contributed by atoms with Crippen molar-refractivity contribution in [3.8, 4) is 0 Å². The van der Waals surface area contributed by atoms with Crippen LogP contribution in [0.15, 0.2) is 36.4 Å². The van der Waals surface area contributed by atoms with Crippen molar-refractivity contribution in [2.75, 3.05) is 5.75 Å². The number of hydrogen-bond acceptors (Lipinski definition) is 4. The van der Waals surface area contributed by atoms with Crippen LogP contribution in [-0.2, 0) is 43.9 Å². The van der Waals surface area contributed by atoms with Crippen LogP contribution in [0.4, 0.5) is 0 Å². The number of unbranched alkanes of at least 4 members (excludes halogenated alkanes) is 2. The van der Waals surface area contributed by atoms with E-state index in [1.807, 2.05) is 30.0 Å². The molecule has 28 heavy (non-hydrogen) atoms. The first-order valence-electron chi connectivity index (χ1n) is 10.1.